The molecule has 2 atom stereocenters. The van der Waals surface area contributed by atoms with Crippen LogP contribution < -0.4 is 10.9 Å². The highest BCUT2D eigenvalue weighted by Crippen LogP contribution is 2.36. The number of alkyl halides is 2. The summed E-state index contributed by atoms with van der Waals surface area (Å²) in [6, 6.07) is 8.12. The summed E-state index contributed by atoms with van der Waals surface area (Å²) >= 11 is 12.2. The van der Waals surface area contributed by atoms with Crippen LogP contribution in [-0.4, -0.2) is 40.2 Å². The van der Waals surface area contributed by atoms with Crippen molar-refractivity contribution in [3.05, 3.63) is 93.2 Å². The predicted octanol–water partition coefficient (Wildman–Crippen LogP) is 6.54. The molecule has 5 heterocycles. The summed E-state index contributed by atoms with van der Waals surface area (Å²) in [5, 5.41) is 14.6. The van der Waals surface area contributed by atoms with Crippen molar-refractivity contribution in [3.8, 4) is 28.1 Å². The van der Waals surface area contributed by atoms with E-state index in [4.69, 9.17) is 23.2 Å². The minimum atomic E-state index is -2.98. The zero-order valence-corrected chi connectivity index (χ0v) is 24.5. The van der Waals surface area contributed by atoms with Crippen LogP contribution >= 0.6 is 23.2 Å². The van der Waals surface area contributed by atoms with E-state index in [0.717, 1.165) is 12.3 Å². The zero-order valence-electron chi connectivity index (χ0n) is 23.0. The van der Waals surface area contributed by atoms with Crippen LogP contribution in [0.3, 0.4) is 0 Å². The summed E-state index contributed by atoms with van der Waals surface area (Å²) in [5.41, 5.74) is 0.857. The highest BCUT2D eigenvalue weighted by atomic mass is 35.5. The third kappa shape index (κ3) is 5.60. The Labute approximate surface area is 258 Å². The van der Waals surface area contributed by atoms with Gasteiger partial charge in [-0.1, -0.05) is 41.8 Å². The number of halogens is 5. The average molecular weight is 643 g/mol. The van der Waals surface area contributed by atoms with Crippen molar-refractivity contribution in [2.45, 2.75) is 38.8 Å². The second-order valence-corrected chi connectivity index (χ2v) is 11.2. The number of carbonyl (C=O) groups is 1. The summed E-state index contributed by atoms with van der Waals surface area (Å²) in [7, 11) is 0. The van der Waals surface area contributed by atoms with Gasteiger partial charge in [-0.15, -0.1) is 5.10 Å². The smallest absolute Gasteiger partial charge is 0.323 e. The maximum atomic E-state index is 16.0. The first kappa shape index (κ1) is 29.6. The predicted molar refractivity (Wildman–Crippen MR) is 158 cm³/mol. The second kappa shape index (κ2) is 11.9. The molecule has 1 N–H and O–H groups in total. The van der Waals surface area contributed by atoms with Gasteiger partial charge in [0.2, 0.25) is 5.91 Å². The van der Waals surface area contributed by atoms with Crippen molar-refractivity contribution in [1.82, 2.24) is 34.3 Å². The van der Waals surface area contributed by atoms with Crippen molar-refractivity contribution in [1.29, 1.82) is 0 Å². The van der Waals surface area contributed by atoms with Gasteiger partial charge in [0.15, 0.2) is 5.15 Å². The minimum Gasteiger partial charge on any atom is -0.323 e. The Balaban J connectivity index is 1.48. The number of hydrogen-bond donors (Lipinski definition) is 1. The molecule has 5 aromatic rings. The van der Waals surface area contributed by atoms with Crippen LogP contribution in [0.15, 0.2) is 66.0 Å². The van der Waals surface area contributed by atoms with Crippen LogP contribution in [0.1, 0.15) is 44.5 Å². The molecule has 0 saturated heterocycles. The lowest BCUT2D eigenvalue weighted by Crippen LogP contribution is -2.27. The van der Waals surface area contributed by atoms with Gasteiger partial charge in [0.25, 0.3) is 5.56 Å². The molecular formula is C29H23Cl2F3N8O2. The van der Waals surface area contributed by atoms with Gasteiger partial charge in [0.1, 0.15) is 5.82 Å². The molecule has 44 heavy (non-hydrogen) atoms. The molecular weight excluding hydrogens is 620 g/mol. The van der Waals surface area contributed by atoms with Crippen molar-refractivity contribution in [2.24, 2.45) is 5.92 Å². The Bertz CT molecular complexity index is 1940. The fourth-order valence-electron chi connectivity index (χ4n) is 5.36. The van der Waals surface area contributed by atoms with Crippen LogP contribution in [0.4, 0.5) is 18.9 Å². The number of anilines is 1. The first-order valence-corrected chi connectivity index (χ1v) is 14.3. The molecule has 4 aromatic heterocycles. The van der Waals surface area contributed by atoms with Gasteiger partial charge in [0, 0.05) is 46.1 Å². The third-order valence-corrected chi connectivity index (χ3v) is 7.93. The average Bonchev–Trinajstić information content (AvgIpc) is 3.62. The molecule has 1 aliphatic heterocycles. The number of fused-ring (bicyclic) bond motifs is 4. The highest BCUT2D eigenvalue weighted by Gasteiger charge is 2.27. The topological polar surface area (TPSA) is 113 Å². The van der Waals surface area contributed by atoms with E-state index in [2.05, 4.69) is 25.7 Å². The van der Waals surface area contributed by atoms with Gasteiger partial charge in [0.05, 0.1) is 41.2 Å². The first-order valence-electron chi connectivity index (χ1n) is 13.5. The largest absolute Gasteiger partial charge is 0.333 e. The van der Waals surface area contributed by atoms with Crippen LogP contribution in [0.2, 0.25) is 10.2 Å². The quantitative estimate of drug-likeness (QED) is 0.238. The number of pyridine rings is 2. The van der Waals surface area contributed by atoms with E-state index in [1.165, 1.54) is 40.0 Å². The van der Waals surface area contributed by atoms with Gasteiger partial charge >= 0.3 is 6.55 Å². The molecule has 226 valence electrons. The maximum absolute atomic E-state index is 16.0. The van der Waals surface area contributed by atoms with Crippen LogP contribution in [-0.2, 0) is 4.79 Å². The van der Waals surface area contributed by atoms with Crippen LogP contribution in [0.5, 0.6) is 0 Å². The van der Waals surface area contributed by atoms with Gasteiger partial charge in [-0.05, 0) is 43.2 Å². The zero-order chi connectivity index (χ0) is 31.1. The third-order valence-electron chi connectivity index (χ3n) is 7.53. The van der Waals surface area contributed by atoms with E-state index in [1.807, 2.05) is 0 Å². The number of benzene rings is 1. The lowest BCUT2D eigenvalue weighted by atomic mass is 9.96. The number of nitrogens with one attached hydrogen (secondary N) is 1. The molecule has 0 aliphatic carbocycles. The fraction of sp³-hybridized carbons (Fsp3) is 0.241. The molecule has 0 radical (unpaired) electrons. The Hall–Kier alpha value is -4.49. The number of amides is 1. The molecule has 0 fully saturated rings. The van der Waals surface area contributed by atoms with E-state index < -0.39 is 29.9 Å². The van der Waals surface area contributed by atoms with Crippen molar-refractivity contribution >= 4 is 34.8 Å². The SMILES string of the molecule is C[C@@H]1CCCC(n2cc(F)c(-c3cc(Cl)ccc3-n3cc(Cl)nn3)cc2=O)c2cc(ccn2)-c2c(cnn2C(F)F)NC1=O. The van der Waals surface area contributed by atoms with Crippen molar-refractivity contribution in [2.75, 3.05) is 5.32 Å². The Kier molecular flexibility index (Phi) is 7.99. The monoisotopic (exact) mass is 642 g/mol. The molecule has 6 rings (SSSR count). The molecule has 1 unspecified atom stereocenters. The summed E-state index contributed by atoms with van der Waals surface area (Å²) in [6.45, 7) is -1.27. The molecule has 15 heteroatoms. The van der Waals surface area contributed by atoms with E-state index >= 15 is 4.39 Å². The number of hydrogen-bond acceptors (Lipinski definition) is 6. The summed E-state index contributed by atoms with van der Waals surface area (Å²) in [5.74, 6) is -1.57. The van der Waals surface area contributed by atoms with Crippen LogP contribution in [0, 0.1) is 11.7 Å². The Morgan fingerprint density at radius 3 is 2.61 bits per heavy atom. The Morgan fingerprint density at radius 1 is 1.05 bits per heavy atom. The number of rotatable bonds is 4. The molecule has 10 nitrogen and oxygen atoms in total. The summed E-state index contributed by atoms with van der Waals surface area (Å²) in [6.07, 6.45) is 6.32. The van der Waals surface area contributed by atoms with Gasteiger partial charge in [-0.25, -0.2) is 13.8 Å². The molecule has 2 bridgehead atoms. The van der Waals surface area contributed by atoms with Crippen LogP contribution in [0.25, 0.3) is 28.1 Å². The lowest BCUT2D eigenvalue weighted by Gasteiger charge is -2.23. The summed E-state index contributed by atoms with van der Waals surface area (Å²) in [4.78, 5) is 31.0. The molecule has 0 spiro atoms. The van der Waals surface area contributed by atoms with E-state index in [0.29, 0.717) is 45.9 Å². The van der Waals surface area contributed by atoms with Crippen molar-refractivity contribution < 1.29 is 18.0 Å². The molecule has 1 aliphatic rings. The second-order valence-electron chi connectivity index (χ2n) is 10.4. The van der Waals surface area contributed by atoms with Crippen molar-refractivity contribution in [3.63, 3.8) is 0 Å². The molecule has 1 amide bonds. The standard InChI is InChI=1S/C29H23Cl2F3N8O2/c1-15-3-2-4-24(21-9-16(7-8-35-21)27-22(37-28(15)44)12-36-42(27)29(33)34)40-13-20(32)18(11-26(40)43)19-10-17(30)5-6-23(19)41-14-25(31)38-39-41/h5-15,24,29H,2-4H2,1H3,(H,37,44)/t15-,24?/m1/s1. The van der Waals surface area contributed by atoms with Gasteiger partial charge in [-0.3, -0.25) is 14.6 Å². The fourth-order valence-corrected chi connectivity index (χ4v) is 5.66. The summed E-state index contributed by atoms with van der Waals surface area (Å²) < 4.78 is 46.9. The van der Waals surface area contributed by atoms with Gasteiger partial charge in [-0.2, -0.15) is 13.9 Å². The minimum absolute atomic E-state index is 0.0147. The van der Waals surface area contributed by atoms with E-state index in [-0.39, 0.29) is 33.6 Å². The number of aromatic nitrogens is 7. The molecule has 1 aromatic carbocycles. The highest BCUT2D eigenvalue weighted by molar-refractivity contribution is 6.31. The number of carbonyl (C=O) groups excluding carboxylic acids is 1. The Morgan fingerprint density at radius 2 is 1.86 bits per heavy atom. The first-order chi connectivity index (χ1) is 21.1. The lowest BCUT2D eigenvalue weighted by molar-refractivity contribution is -0.119. The maximum Gasteiger partial charge on any atom is 0.333 e. The molecule has 0 saturated carbocycles. The number of nitrogens with zero attached hydrogens (tertiary/aromatic N) is 7. The normalized spacial score (nSPS) is 17.1. The van der Waals surface area contributed by atoms with Gasteiger partial charge < -0.3 is 9.88 Å². The van der Waals surface area contributed by atoms with E-state index in [9.17, 15) is 18.4 Å². The van der Waals surface area contributed by atoms with E-state index in [1.54, 1.807) is 25.1 Å².